The van der Waals surface area contributed by atoms with Gasteiger partial charge in [-0.05, 0) is 31.2 Å². The van der Waals surface area contributed by atoms with Crippen LogP contribution in [0, 0.1) is 6.92 Å². The standard InChI is InChI=1S/C19H12Cl2N2O4/c1-9-11-3-2-4-13(21)17(11)27-16(9)19(25)26-8-15-22-14-7-10(20)5-6-12(14)18(24)23-15/h2-7H,8H2,1H3,(H,22,23,24). The lowest BCUT2D eigenvalue weighted by molar-refractivity contribution is 0.0427. The minimum atomic E-state index is -0.673. The predicted molar refractivity (Wildman–Crippen MR) is 102 cm³/mol. The lowest BCUT2D eigenvalue weighted by atomic mass is 10.1. The van der Waals surface area contributed by atoms with Crippen LogP contribution in [0.2, 0.25) is 10.0 Å². The van der Waals surface area contributed by atoms with Gasteiger partial charge in [0.25, 0.3) is 5.56 Å². The average molecular weight is 403 g/mol. The largest absolute Gasteiger partial charge is 0.452 e. The fourth-order valence-electron chi connectivity index (χ4n) is 2.83. The molecule has 6 nitrogen and oxygen atoms in total. The van der Waals surface area contributed by atoms with Gasteiger partial charge in [0.2, 0.25) is 5.76 Å². The number of furan rings is 1. The van der Waals surface area contributed by atoms with E-state index in [2.05, 4.69) is 9.97 Å². The van der Waals surface area contributed by atoms with E-state index in [9.17, 15) is 9.59 Å². The molecule has 27 heavy (non-hydrogen) atoms. The number of ether oxygens (including phenoxy) is 1. The number of esters is 1. The third kappa shape index (κ3) is 3.18. The molecule has 8 heteroatoms. The molecule has 1 N–H and O–H groups in total. The van der Waals surface area contributed by atoms with Crippen LogP contribution in [0.3, 0.4) is 0 Å². The minimum absolute atomic E-state index is 0.0595. The van der Waals surface area contributed by atoms with Gasteiger partial charge in [-0.25, -0.2) is 9.78 Å². The van der Waals surface area contributed by atoms with Crippen LogP contribution >= 0.6 is 23.2 Å². The topological polar surface area (TPSA) is 85.2 Å². The Hall–Kier alpha value is -2.83. The maximum atomic E-state index is 12.4. The SMILES string of the molecule is Cc1c(C(=O)OCc2nc3cc(Cl)ccc3c(=O)[nH]2)oc2c(Cl)cccc12. The maximum absolute atomic E-state index is 12.4. The van der Waals surface area contributed by atoms with Crippen LogP contribution in [-0.4, -0.2) is 15.9 Å². The highest BCUT2D eigenvalue weighted by Crippen LogP contribution is 2.31. The zero-order chi connectivity index (χ0) is 19.1. The Morgan fingerprint density at radius 2 is 2.04 bits per heavy atom. The van der Waals surface area contributed by atoms with Crippen LogP contribution in [0.25, 0.3) is 21.9 Å². The number of hydrogen-bond donors (Lipinski definition) is 1. The smallest absolute Gasteiger partial charge is 0.375 e. The fraction of sp³-hybridized carbons (Fsp3) is 0.105. The van der Waals surface area contributed by atoms with Crippen LogP contribution in [0.4, 0.5) is 0 Å². The van der Waals surface area contributed by atoms with Gasteiger partial charge in [0.15, 0.2) is 5.58 Å². The van der Waals surface area contributed by atoms with Crippen LogP contribution in [0.15, 0.2) is 45.6 Å². The maximum Gasteiger partial charge on any atom is 0.375 e. The zero-order valence-electron chi connectivity index (χ0n) is 14.0. The summed E-state index contributed by atoms with van der Waals surface area (Å²) in [5.74, 6) is -0.409. The number of H-pyrrole nitrogens is 1. The Kier molecular flexibility index (Phi) is 4.37. The summed E-state index contributed by atoms with van der Waals surface area (Å²) in [6.45, 7) is 1.53. The number of hydrogen-bond acceptors (Lipinski definition) is 5. The van der Waals surface area contributed by atoms with E-state index in [1.54, 1.807) is 37.3 Å². The summed E-state index contributed by atoms with van der Waals surface area (Å²) in [5, 5.41) is 2.00. The van der Waals surface area contributed by atoms with E-state index in [0.717, 1.165) is 5.39 Å². The Morgan fingerprint density at radius 1 is 1.22 bits per heavy atom. The van der Waals surface area contributed by atoms with Gasteiger partial charge in [0.1, 0.15) is 12.4 Å². The highest BCUT2D eigenvalue weighted by molar-refractivity contribution is 6.35. The predicted octanol–water partition coefficient (Wildman–Crippen LogP) is 4.64. The number of halogens is 2. The summed E-state index contributed by atoms with van der Waals surface area (Å²) in [5.41, 5.74) is 1.14. The van der Waals surface area contributed by atoms with Crippen LogP contribution in [0.5, 0.6) is 0 Å². The minimum Gasteiger partial charge on any atom is -0.452 e. The molecular weight excluding hydrogens is 391 g/mol. The number of aromatic nitrogens is 2. The highest BCUT2D eigenvalue weighted by atomic mass is 35.5. The molecule has 2 aromatic carbocycles. The first kappa shape index (κ1) is 17.6. The molecule has 2 heterocycles. The summed E-state index contributed by atoms with van der Waals surface area (Å²) < 4.78 is 10.8. The van der Waals surface area contributed by atoms with Crippen molar-refractivity contribution in [2.75, 3.05) is 0 Å². The van der Waals surface area contributed by atoms with Crippen molar-refractivity contribution < 1.29 is 13.9 Å². The molecule has 0 radical (unpaired) electrons. The number of carbonyl (C=O) groups excluding carboxylic acids is 1. The van der Waals surface area contributed by atoms with Gasteiger partial charge < -0.3 is 14.1 Å². The molecule has 0 bridgehead atoms. The molecule has 0 atom stereocenters. The first-order valence-corrected chi connectivity index (χ1v) is 8.73. The van der Waals surface area contributed by atoms with Crippen molar-refractivity contribution in [1.82, 2.24) is 9.97 Å². The molecule has 0 fully saturated rings. The lowest BCUT2D eigenvalue weighted by Crippen LogP contribution is -2.14. The molecule has 0 aliphatic heterocycles. The van der Waals surface area contributed by atoms with E-state index in [1.807, 2.05) is 6.07 Å². The molecule has 0 amide bonds. The number of nitrogens with one attached hydrogen (secondary N) is 1. The quantitative estimate of drug-likeness (QED) is 0.504. The molecule has 0 saturated heterocycles. The number of fused-ring (bicyclic) bond motifs is 2. The third-order valence-corrected chi connectivity index (χ3v) is 4.69. The highest BCUT2D eigenvalue weighted by Gasteiger charge is 2.20. The second kappa shape index (κ2) is 6.72. The van der Waals surface area contributed by atoms with E-state index in [-0.39, 0.29) is 23.8 Å². The zero-order valence-corrected chi connectivity index (χ0v) is 15.5. The third-order valence-electron chi connectivity index (χ3n) is 4.16. The van der Waals surface area contributed by atoms with Gasteiger partial charge in [-0.15, -0.1) is 0 Å². The van der Waals surface area contributed by atoms with Crippen LogP contribution in [-0.2, 0) is 11.3 Å². The fourth-order valence-corrected chi connectivity index (χ4v) is 3.21. The van der Waals surface area contributed by atoms with Crippen molar-refractivity contribution in [3.8, 4) is 0 Å². The molecule has 0 aliphatic carbocycles. The van der Waals surface area contributed by atoms with Gasteiger partial charge in [-0.3, -0.25) is 4.79 Å². The van der Waals surface area contributed by atoms with Gasteiger partial charge in [-0.2, -0.15) is 0 Å². The average Bonchev–Trinajstić information content (AvgIpc) is 2.98. The van der Waals surface area contributed by atoms with E-state index >= 15 is 0 Å². The van der Waals surface area contributed by atoms with Crippen molar-refractivity contribution in [1.29, 1.82) is 0 Å². The number of aromatic amines is 1. The molecular formula is C19H12Cl2N2O4. The van der Waals surface area contributed by atoms with Gasteiger partial charge >= 0.3 is 5.97 Å². The summed E-state index contributed by atoms with van der Waals surface area (Å²) in [4.78, 5) is 31.4. The van der Waals surface area contributed by atoms with Crippen molar-refractivity contribution in [3.05, 3.63) is 73.9 Å². The summed E-state index contributed by atoms with van der Waals surface area (Å²) >= 11 is 12.0. The molecule has 0 saturated carbocycles. The molecule has 136 valence electrons. The Labute approximate surface area is 162 Å². The van der Waals surface area contributed by atoms with Crippen molar-refractivity contribution in [2.24, 2.45) is 0 Å². The normalized spacial score (nSPS) is 11.2. The molecule has 0 spiro atoms. The van der Waals surface area contributed by atoms with Crippen molar-refractivity contribution in [3.63, 3.8) is 0 Å². The lowest BCUT2D eigenvalue weighted by Gasteiger charge is -2.05. The first-order valence-electron chi connectivity index (χ1n) is 7.97. The number of nitrogens with zero attached hydrogens (tertiary/aromatic N) is 1. The number of carbonyl (C=O) groups is 1. The van der Waals surface area contributed by atoms with E-state index in [4.69, 9.17) is 32.4 Å². The molecule has 0 unspecified atom stereocenters. The summed E-state index contributed by atoms with van der Waals surface area (Å²) in [6, 6.07) is 10.0. The van der Waals surface area contributed by atoms with Crippen LogP contribution < -0.4 is 5.56 Å². The monoisotopic (exact) mass is 402 g/mol. The van der Waals surface area contributed by atoms with E-state index in [1.165, 1.54) is 0 Å². The second-order valence-electron chi connectivity index (χ2n) is 5.92. The molecule has 4 aromatic rings. The molecule has 0 aliphatic rings. The van der Waals surface area contributed by atoms with Gasteiger partial charge in [0.05, 0.1) is 15.9 Å². The first-order chi connectivity index (χ1) is 12.9. The Balaban J connectivity index is 1.61. The second-order valence-corrected chi connectivity index (χ2v) is 6.77. The molecule has 2 aromatic heterocycles. The van der Waals surface area contributed by atoms with Crippen molar-refractivity contribution >= 4 is 51.0 Å². The summed E-state index contributed by atoms with van der Waals surface area (Å²) in [6.07, 6.45) is 0. The van der Waals surface area contributed by atoms with Gasteiger partial charge in [0, 0.05) is 16.0 Å². The number of aryl methyl sites for hydroxylation is 1. The van der Waals surface area contributed by atoms with Crippen LogP contribution in [0.1, 0.15) is 21.9 Å². The number of rotatable bonds is 3. The molecule has 4 rings (SSSR count). The Bertz CT molecular complexity index is 1260. The Morgan fingerprint density at radius 3 is 2.81 bits per heavy atom. The van der Waals surface area contributed by atoms with Gasteiger partial charge in [-0.1, -0.05) is 35.3 Å². The van der Waals surface area contributed by atoms with E-state index in [0.29, 0.717) is 32.1 Å². The number of para-hydroxylation sites is 1. The van der Waals surface area contributed by atoms with E-state index < -0.39 is 5.97 Å². The summed E-state index contributed by atoms with van der Waals surface area (Å²) in [7, 11) is 0. The number of benzene rings is 2. The van der Waals surface area contributed by atoms with Crippen molar-refractivity contribution in [2.45, 2.75) is 13.5 Å².